The number of nitrogens with zero attached hydrogens (tertiary/aromatic N) is 6. The summed E-state index contributed by atoms with van der Waals surface area (Å²) in [5.41, 5.74) is 3.90. The largest absolute Gasteiger partial charge is 0.354 e. The molecule has 7 heterocycles. The summed E-state index contributed by atoms with van der Waals surface area (Å²) in [5.74, 6) is 0.476. The standard InChI is InChI=1S/C42H38Cl2F3N7O/c1-20-27-16-32(39-24-13-25(53(39)42(55)21-10-11-21)19-52(18-24)33-9-3-8-30(51-33)41(46)47)54(38-23-15-31(38)49-17-23)40(27)28-14-22(5-4-12-48)34(36(45)37(28)50-20)26-6-2-7-29(43)35(26)44/h2-3,6-9,14,16,21,23-25,31,38-39,41,49H,4-5,10-11,13,15,17-19H2,1H3. The van der Waals surface area contributed by atoms with Crippen LogP contribution in [0.3, 0.4) is 0 Å². The number of nitrogens with one attached hydrogen (secondary N) is 1. The van der Waals surface area contributed by atoms with Gasteiger partial charge >= 0.3 is 0 Å². The molecule has 4 aliphatic heterocycles. The van der Waals surface area contributed by atoms with Crippen molar-refractivity contribution in [3.63, 3.8) is 0 Å². The number of alkyl halides is 2. The number of aromatic nitrogens is 3. The number of likely N-dealkylation sites (tertiary alicyclic amines) is 1. The van der Waals surface area contributed by atoms with Gasteiger partial charge in [0.05, 0.1) is 39.8 Å². The van der Waals surface area contributed by atoms with Gasteiger partial charge in [-0.15, -0.1) is 0 Å². The fourth-order valence-electron chi connectivity index (χ4n) is 10.2. The molecule has 6 unspecified atom stereocenters. The van der Waals surface area contributed by atoms with Crippen LogP contribution in [0.4, 0.5) is 19.0 Å². The van der Waals surface area contributed by atoms with E-state index in [0.29, 0.717) is 64.0 Å². The molecule has 11 rings (SSSR count). The molecule has 3 aromatic heterocycles. The monoisotopic (exact) mass is 783 g/mol. The molecule has 2 saturated carbocycles. The Bertz CT molecular complexity index is 2450. The van der Waals surface area contributed by atoms with E-state index in [-0.39, 0.29) is 64.6 Å². The molecular formula is C42H38Cl2F3N7O. The van der Waals surface area contributed by atoms with Crippen LogP contribution in [0, 0.1) is 41.8 Å². The number of aryl methyl sites for hydroxylation is 2. The van der Waals surface area contributed by atoms with E-state index in [1.807, 2.05) is 13.0 Å². The van der Waals surface area contributed by atoms with Gasteiger partial charge < -0.3 is 19.7 Å². The topological polar surface area (TPSA) is 90.1 Å². The number of rotatable bonds is 8. The molecule has 1 N–H and O–H groups in total. The molecule has 0 radical (unpaired) electrons. The Morgan fingerprint density at radius 3 is 2.60 bits per heavy atom. The van der Waals surface area contributed by atoms with Crippen LogP contribution in [0.25, 0.3) is 32.9 Å². The van der Waals surface area contributed by atoms with Crippen LogP contribution in [-0.2, 0) is 11.2 Å². The summed E-state index contributed by atoms with van der Waals surface area (Å²) in [4.78, 5) is 27.9. The number of amides is 1. The average molecular weight is 785 g/mol. The predicted molar refractivity (Wildman–Crippen MR) is 206 cm³/mol. The molecule has 0 spiro atoms. The van der Waals surface area contributed by atoms with Gasteiger partial charge in [-0.3, -0.25) is 4.79 Å². The van der Waals surface area contributed by atoms with E-state index in [9.17, 15) is 18.8 Å². The van der Waals surface area contributed by atoms with Gasteiger partial charge in [-0.05, 0) is 80.8 Å². The van der Waals surface area contributed by atoms with Crippen LogP contribution < -0.4 is 10.2 Å². The smallest absolute Gasteiger partial charge is 0.280 e. The number of hydrogen-bond acceptors (Lipinski definition) is 6. The third-order valence-electron chi connectivity index (χ3n) is 12.8. The Morgan fingerprint density at radius 1 is 1.05 bits per heavy atom. The molecule has 4 bridgehead atoms. The zero-order chi connectivity index (χ0) is 37.9. The zero-order valence-corrected chi connectivity index (χ0v) is 31.6. The van der Waals surface area contributed by atoms with Crippen LogP contribution in [-0.4, -0.2) is 57.1 Å². The van der Waals surface area contributed by atoms with Crippen molar-refractivity contribution < 1.29 is 18.0 Å². The summed E-state index contributed by atoms with van der Waals surface area (Å²) < 4.78 is 47.2. The molecule has 8 nitrogen and oxygen atoms in total. The highest BCUT2D eigenvalue weighted by Crippen LogP contribution is 2.54. The third kappa shape index (κ3) is 5.46. The van der Waals surface area contributed by atoms with Gasteiger partial charge in [0.15, 0.2) is 5.82 Å². The number of pyridine rings is 2. The highest BCUT2D eigenvalue weighted by molar-refractivity contribution is 6.43. The maximum Gasteiger partial charge on any atom is 0.280 e. The van der Waals surface area contributed by atoms with E-state index in [2.05, 4.69) is 36.8 Å². The molecule has 6 aliphatic rings. The number of anilines is 1. The van der Waals surface area contributed by atoms with Gasteiger partial charge in [-0.2, -0.15) is 5.26 Å². The van der Waals surface area contributed by atoms with E-state index in [1.54, 1.807) is 30.3 Å². The number of fused-ring (bicyclic) bond motifs is 6. The summed E-state index contributed by atoms with van der Waals surface area (Å²) in [6, 6.07) is 16.2. The Labute approximate surface area is 326 Å². The highest BCUT2D eigenvalue weighted by atomic mass is 35.5. The Hall–Kier alpha value is -4.37. The van der Waals surface area contributed by atoms with Crippen molar-refractivity contribution in [3.05, 3.63) is 87.0 Å². The number of nitriles is 1. The van der Waals surface area contributed by atoms with Crippen LogP contribution in [0.2, 0.25) is 10.0 Å². The van der Waals surface area contributed by atoms with Gasteiger partial charge in [0.1, 0.15) is 17.0 Å². The van der Waals surface area contributed by atoms with E-state index in [0.717, 1.165) is 48.8 Å². The summed E-state index contributed by atoms with van der Waals surface area (Å²) in [6.07, 6.45) is 1.34. The van der Waals surface area contributed by atoms with E-state index in [4.69, 9.17) is 28.2 Å². The fraction of sp³-hybridized carbons (Fsp3) is 0.429. The number of halogens is 5. The molecular weight excluding hydrogens is 746 g/mol. The minimum Gasteiger partial charge on any atom is -0.354 e. The molecule has 4 saturated heterocycles. The Kier molecular flexibility index (Phi) is 8.36. The summed E-state index contributed by atoms with van der Waals surface area (Å²) in [7, 11) is 0. The maximum absolute atomic E-state index is 17.3. The number of piperidine rings is 1. The minimum absolute atomic E-state index is 0.00577. The zero-order valence-electron chi connectivity index (χ0n) is 30.1. The van der Waals surface area contributed by atoms with E-state index in [1.165, 1.54) is 6.07 Å². The second kappa shape index (κ2) is 13.1. The molecule has 55 heavy (non-hydrogen) atoms. The van der Waals surface area contributed by atoms with Crippen LogP contribution in [0.1, 0.15) is 73.3 Å². The molecule has 282 valence electrons. The molecule has 2 aromatic carbocycles. The molecule has 5 aromatic rings. The van der Waals surface area contributed by atoms with Gasteiger partial charge in [0.2, 0.25) is 5.91 Å². The molecule has 6 atom stereocenters. The van der Waals surface area contributed by atoms with Crippen LogP contribution in [0.15, 0.2) is 48.5 Å². The van der Waals surface area contributed by atoms with Crippen molar-refractivity contribution in [3.8, 4) is 17.2 Å². The van der Waals surface area contributed by atoms with Crippen molar-refractivity contribution in [2.75, 3.05) is 24.5 Å². The molecule has 2 aliphatic carbocycles. The maximum atomic E-state index is 17.3. The predicted octanol–water partition coefficient (Wildman–Crippen LogP) is 9.12. The second-order valence-corrected chi connectivity index (χ2v) is 16.8. The van der Waals surface area contributed by atoms with E-state index >= 15 is 4.39 Å². The molecule has 13 heteroatoms. The van der Waals surface area contributed by atoms with Crippen molar-refractivity contribution in [2.24, 2.45) is 17.8 Å². The summed E-state index contributed by atoms with van der Waals surface area (Å²) >= 11 is 13.1. The van der Waals surface area contributed by atoms with Crippen molar-refractivity contribution >= 4 is 56.7 Å². The number of hydrogen-bond donors (Lipinski definition) is 1. The summed E-state index contributed by atoms with van der Waals surface area (Å²) in [5, 5.41) is 15.4. The lowest BCUT2D eigenvalue weighted by molar-refractivity contribution is -0.135. The SMILES string of the molecule is Cc1nc2c(F)c(-c3cccc(Cl)c3Cl)c(CCC#N)cc2c2c1cc(C1C3CC(CN(c4cccc(C(F)F)n4)C3)N1C(=O)C1CC1)n2C1C2CNC1C2. The lowest BCUT2D eigenvalue weighted by Crippen LogP contribution is -2.45. The Morgan fingerprint density at radius 2 is 1.87 bits per heavy atom. The quantitative estimate of drug-likeness (QED) is 0.169. The van der Waals surface area contributed by atoms with Crippen LogP contribution in [0.5, 0.6) is 0 Å². The first-order chi connectivity index (χ1) is 26.6. The normalized spacial score (nSPS) is 25.6. The van der Waals surface area contributed by atoms with Gasteiger partial charge in [-0.25, -0.2) is 23.1 Å². The molecule has 6 fully saturated rings. The van der Waals surface area contributed by atoms with Crippen molar-refractivity contribution in [1.29, 1.82) is 5.26 Å². The van der Waals surface area contributed by atoms with E-state index < -0.39 is 12.2 Å². The van der Waals surface area contributed by atoms with Gasteiger partial charge in [-0.1, -0.05) is 41.4 Å². The minimum atomic E-state index is -2.68. The number of carbonyl (C=O) groups excluding carboxylic acids is 1. The lowest BCUT2D eigenvalue weighted by atomic mass is 9.79. The number of carbonyl (C=O) groups is 1. The first-order valence-electron chi connectivity index (χ1n) is 19.2. The molecule has 1 amide bonds. The first kappa shape index (κ1) is 35.1. The first-order valence-corrected chi connectivity index (χ1v) is 19.9. The van der Waals surface area contributed by atoms with Crippen LogP contribution >= 0.6 is 23.2 Å². The van der Waals surface area contributed by atoms with Crippen molar-refractivity contribution in [1.82, 2.24) is 24.8 Å². The van der Waals surface area contributed by atoms with Gasteiger partial charge in [0, 0.05) is 77.2 Å². The number of benzene rings is 2. The van der Waals surface area contributed by atoms with Gasteiger partial charge in [0.25, 0.3) is 6.43 Å². The fourth-order valence-corrected chi connectivity index (χ4v) is 10.6. The Balaban J connectivity index is 1.19. The average Bonchev–Trinajstić information content (AvgIpc) is 3.46. The highest BCUT2D eigenvalue weighted by Gasteiger charge is 2.55. The summed E-state index contributed by atoms with van der Waals surface area (Å²) in [6.45, 7) is 3.84. The lowest BCUT2D eigenvalue weighted by Gasteiger charge is -2.40. The second-order valence-electron chi connectivity index (χ2n) is 16.0. The third-order valence-corrected chi connectivity index (χ3v) is 13.6. The van der Waals surface area contributed by atoms with Crippen molar-refractivity contribution in [2.45, 2.75) is 76.0 Å².